The maximum atomic E-state index is 13.0. The lowest BCUT2D eigenvalue weighted by Crippen LogP contribution is -3.05. The van der Waals surface area contributed by atoms with Crippen molar-refractivity contribution in [2.75, 3.05) is 39.2 Å². The molecule has 0 aliphatic rings. The van der Waals surface area contributed by atoms with Crippen LogP contribution in [0.2, 0.25) is 0 Å². The van der Waals surface area contributed by atoms with E-state index in [2.05, 4.69) is 14.1 Å². The van der Waals surface area contributed by atoms with Gasteiger partial charge >= 0.3 is 0 Å². The number of thiophene rings is 1. The van der Waals surface area contributed by atoms with Gasteiger partial charge in [0.05, 0.1) is 42.8 Å². The Morgan fingerprint density at radius 3 is 2.84 bits per heavy atom. The topological polar surface area (TPSA) is 46.9 Å². The van der Waals surface area contributed by atoms with E-state index >= 15 is 0 Å². The monoisotopic (exact) mass is 376 g/mol. The first-order chi connectivity index (χ1) is 12.1. The highest BCUT2D eigenvalue weighted by atomic mass is 32.1. The molecule has 0 atom stereocenters. The number of anilines is 1. The molecule has 25 heavy (non-hydrogen) atoms. The molecule has 0 unspecified atom stereocenters. The summed E-state index contributed by atoms with van der Waals surface area (Å²) in [6.07, 6.45) is 0.929. The maximum Gasteiger partial charge on any atom is 0.270 e. The molecule has 0 fully saturated rings. The van der Waals surface area contributed by atoms with Gasteiger partial charge in [0.25, 0.3) is 5.91 Å². The number of hydrogen-bond acceptors (Lipinski definition) is 5. The SMILES string of the molecule is COc1ccc2sc(N(CCC[NH+](C)C)C(=O)c3cccs3)nc2c1. The molecule has 132 valence electrons. The van der Waals surface area contributed by atoms with Crippen molar-refractivity contribution < 1.29 is 14.4 Å². The van der Waals surface area contributed by atoms with Gasteiger partial charge in [-0.3, -0.25) is 9.69 Å². The first kappa shape index (κ1) is 17.8. The number of carbonyl (C=O) groups is 1. The zero-order chi connectivity index (χ0) is 17.8. The summed E-state index contributed by atoms with van der Waals surface area (Å²) in [5.41, 5.74) is 0.863. The molecule has 1 aromatic carbocycles. The molecule has 1 amide bonds. The number of nitrogens with one attached hydrogen (secondary N) is 1. The second-order valence-electron chi connectivity index (χ2n) is 6.07. The van der Waals surface area contributed by atoms with E-state index in [0.29, 0.717) is 6.54 Å². The minimum absolute atomic E-state index is 0.0229. The second-order valence-corrected chi connectivity index (χ2v) is 8.03. The first-order valence-electron chi connectivity index (χ1n) is 8.17. The van der Waals surface area contributed by atoms with E-state index in [1.54, 1.807) is 18.4 Å². The van der Waals surface area contributed by atoms with E-state index in [1.807, 2.05) is 40.6 Å². The summed E-state index contributed by atoms with van der Waals surface area (Å²) in [5, 5.41) is 2.67. The van der Waals surface area contributed by atoms with Crippen molar-refractivity contribution in [3.8, 4) is 5.75 Å². The summed E-state index contributed by atoms with van der Waals surface area (Å²) in [7, 11) is 5.88. The molecule has 0 aliphatic heterocycles. The number of ether oxygens (including phenoxy) is 1. The minimum atomic E-state index is 0.0229. The van der Waals surface area contributed by atoms with Crippen LogP contribution in [0.5, 0.6) is 5.75 Å². The van der Waals surface area contributed by atoms with E-state index in [1.165, 1.54) is 16.2 Å². The van der Waals surface area contributed by atoms with Crippen LogP contribution in [-0.2, 0) is 0 Å². The number of methoxy groups -OCH3 is 1. The Labute approximate surface area is 155 Å². The highest BCUT2D eigenvalue weighted by Gasteiger charge is 2.22. The predicted molar refractivity (Wildman–Crippen MR) is 104 cm³/mol. The third-order valence-corrected chi connectivity index (χ3v) is 5.77. The zero-order valence-electron chi connectivity index (χ0n) is 14.6. The van der Waals surface area contributed by atoms with E-state index in [0.717, 1.165) is 38.9 Å². The highest BCUT2D eigenvalue weighted by molar-refractivity contribution is 7.22. The Morgan fingerprint density at radius 2 is 2.16 bits per heavy atom. The number of benzene rings is 1. The largest absolute Gasteiger partial charge is 0.497 e. The van der Waals surface area contributed by atoms with Crippen LogP contribution in [0.1, 0.15) is 16.1 Å². The maximum absolute atomic E-state index is 13.0. The fourth-order valence-corrected chi connectivity index (χ4v) is 4.19. The minimum Gasteiger partial charge on any atom is -0.497 e. The van der Waals surface area contributed by atoms with Gasteiger partial charge in [-0.25, -0.2) is 4.98 Å². The van der Waals surface area contributed by atoms with Crippen LogP contribution in [0.15, 0.2) is 35.7 Å². The van der Waals surface area contributed by atoms with Gasteiger partial charge in [0, 0.05) is 19.0 Å². The Kier molecular flexibility index (Phi) is 5.67. The number of nitrogens with zero attached hydrogens (tertiary/aromatic N) is 2. The Bertz CT molecular complexity index is 843. The van der Waals surface area contributed by atoms with Crippen LogP contribution >= 0.6 is 22.7 Å². The third kappa shape index (κ3) is 4.18. The molecular formula is C18H22N3O2S2+. The summed E-state index contributed by atoms with van der Waals surface area (Å²) < 4.78 is 6.33. The van der Waals surface area contributed by atoms with E-state index < -0.39 is 0 Å². The second kappa shape index (κ2) is 7.95. The van der Waals surface area contributed by atoms with Crippen LogP contribution in [-0.4, -0.2) is 45.2 Å². The normalized spacial score (nSPS) is 11.2. The molecule has 1 N–H and O–H groups in total. The summed E-state index contributed by atoms with van der Waals surface area (Å²) in [6, 6.07) is 9.60. The standard InChI is InChI=1S/C18H21N3O2S2/c1-20(2)9-5-10-21(17(22)16-6-4-11-24-16)18-19-14-12-13(23-3)7-8-15(14)25-18/h4,6-8,11-12H,5,9-10H2,1-3H3/p+1. The molecule has 3 aromatic rings. The molecular weight excluding hydrogens is 354 g/mol. The molecule has 2 heterocycles. The van der Waals surface area contributed by atoms with Gasteiger partial charge in [-0.2, -0.15) is 0 Å². The Hall–Kier alpha value is -1.96. The van der Waals surface area contributed by atoms with Crippen molar-refractivity contribution in [3.05, 3.63) is 40.6 Å². The van der Waals surface area contributed by atoms with Crippen molar-refractivity contribution in [1.29, 1.82) is 0 Å². The first-order valence-corrected chi connectivity index (χ1v) is 9.87. The van der Waals surface area contributed by atoms with Crippen molar-refractivity contribution in [1.82, 2.24) is 4.98 Å². The number of rotatable bonds is 7. The predicted octanol–water partition coefficient (Wildman–Crippen LogP) is 2.55. The van der Waals surface area contributed by atoms with Crippen molar-refractivity contribution >= 4 is 43.9 Å². The van der Waals surface area contributed by atoms with Crippen molar-refractivity contribution in [2.24, 2.45) is 0 Å². The van der Waals surface area contributed by atoms with Crippen LogP contribution < -0.4 is 14.5 Å². The van der Waals surface area contributed by atoms with Crippen molar-refractivity contribution in [2.45, 2.75) is 6.42 Å². The smallest absolute Gasteiger partial charge is 0.270 e. The van der Waals surface area contributed by atoms with Gasteiger partial charge in [0.15, 0.2) is 5.13 Å². The number of thiazole rings is 1. The zero-order valence-corrected chi connectivity index (χ0v) is 16.2. The van der Waals surface area contributed by atoms with Gasteiger partial charge in [-0.05, 0) is 23.6 Å². The van der Waals surface area contributed by atoms with Gasteiger partial charge in [0.2, 0.25) is 0 Å². The van der Waals surface area contributed by atoms with Gasteiger partial charge in [-0.1, -0.05) is 17.4 Å². The quantitative estimate of drug-likeness (QED) is 0.689. The van der Waals surface area contributed by atoms with Gasteiger partial charge in [-0.15, -0.1) is 11.3 Å². The third-order valence-electron chi connectivity index (χ3n) is 3.85. The number of fused-ring (bicyclic) bond motifs is 1. The molecule has 2 aromatic heterocycles. The number of aromatic nitrogens is 1. The molecule has 7 heteroatoms. The average Bonchev–Trinajstić information content (AvgIpc) is 3.26. The number of amides is 1. The molecule has 0 aliphatic carbocycles. The average molecular weight is 377 g/mol. The fraction of sp³-hybridized carbons (Fsp3) is 0.333. The highest BCUT2D eigenvalue weighted by Crippen LogP contribution is 2.32. The molecule has 0 radical (unpaired) electrons. The summed E-state index contributed by atoms with van der Waals surface area (Å²) >= 11 is 3.01. The number of quaternary nitrogens is 1. The van der Waals surface area contributed by atoms with E-state index in [-0.39, 0.29) is 5.91 Å². The van der Waals surface area contributed by atoms with Crippen LogP contribution in [0.25, 0.3) is 10.2 Å². The number of hydrogen-bond donors (Lipinski definition) is 1. The summed E-state index contributed by atoms with van der Waals surface area (Å²) in [4.78, 5) is 21.6. The molecule has 0 saturated heterocycles. The Balaban J connectivity index is 1.91. The molecule has 3 rings (SSSR count). The van der Waals surface area contributed by atoms with Crippen LogP contribution in [0.4, 0.5) is 5.13 Å². The lowest BCUT2D eigenvalue weighted by atomic mass is 10.3. The van der Waals surface area contributed by atoms with Gasteiger partial charge in [0.1, 0.15) is 5.75 Å². The van der Waals surface area contributed by atoms with Crippen LogP contribution in [0.3, 0.4) is 0 Å². The number of carbonyl (C=O) groups excluding carboxylic acids is 1. The Morgan fingerprint density at radius 1 is 1.32 bits per heavy atom. The molecule has 5 nitrogen and oxygen atoms in total. The fourth-order valence-electron chi connectivity index (χ4n) is 2.55. The van der Waals surface area contributed by atoms with E-state index in [4.69, 9.17) is 9.72 Å². The van der Waals surface area contributed by atoms with Gasteiger partial charge < -0.3 is 9.64 Å². The van der Waals surface area contributed by atoms with Crippen molar-refractivity contribution in [3.63, 3.8) is 0 Å². The summed E-state index contributed by atoms with van der Waals surface area (Å²) in [6.45, 7) is 1.67. The molecule has 0 spiro atoms. The molecule has 0 saturated carbocycles. The van der Waals surface area contributed by atoms with Crippen LogP contribution in [0, 0.1) is 0 Å². The summed E-state index contributed by atoms with van der Waals surface area (Å²) in [5.74, 6) is 0.798. The van der Waals surface area contributed by atoms with E-state index in [9.17, 15) is 4.79 Å². The lowest BCUT2D eigenvalue weighted by molar-refractivity contribution is -0.858. The molecule has 0 bridgehead atoms. The lowest BCUT2D eigenvalue weighted by Gasteiger charge is -2.19.